The summed E-state index contributed by atoms with van der Waals surface area (Å²) in [6.45, 7) is 0.725. The van der Waals surface area contributed by atoms with Crippen LogP contribution in [-0.4, -0.2) is 14.6 Å². The first-order valence-corrected chi connectivity index (χ1v) is 6.91. The quantitative estimate of drug-likeness (QED) is 0.622. The molecule has 0 fully saturated rings. The normalized spacial score (nSPS) is 11.0. The number of rotatable bonds is 3. The van der Waals surface area contributed by atoms with Crippen LogP contribution in [0.1, 0.15) is 5.56 Å². The highest BCUT2D eigenvalue weighted by Crippen LogP contribution is 2.21. The fourth-order valence-corrected chi connectivity index (χ4v) is 2.56. The van der Waals surface area contributed by atoms with Crippen LogP contribution in [0.3, 0.4) is 0 Å². The first kappa shape index (κ1) is 11.9. The number of aromatic nitrogens is 3. The first-order chi connectivity index (χ1) is 10.4. The summed E-state index contributed by atoms with van der Waals surface area (Å²) in [6, 6.07) is 16.3. The molecule has 0 atom stereocenters. The number of nitrogens with one attached hydrogen (secondary N) is 1. The Bertz CT molecular complexity index is 905. The lowest BCUT2D eigenvalue weighted by molar-refractivity contribution is 0.961. The van der Waals surface area contributed by atoms with E-state index in [4.69, 9.17) is 0 Å². The van der Waals surface area contributed by atoms with E-state index in [1.807, 2.05) is 47.4 Å². The van der Waals surface area contributed by atoms with Crippen molar-refractivity contribution in [3.63, 3.8) is 0 Å². The van der Waals surface area contributed by atoms with Crippen molar-refractivity contribution in [1.29, 1.82) is 0 Å². The van der Waals surface area contributed by atoms with Crippen LogP contribution in [-0.2, 0) is 6.54 Å². The maximum Gasteiger partial charge on any atom is 0.0933 e. The van der Waals surface area contributed by atoms with Gasteiger partial charge in [0.15, 0.2) is 0 Å². The van der Waals surface area contributed by atoms with E-state index in [-0.39, 0.29) is 0 Å². The van der Waals surface area contributed by atoms with Crippen molar-refractivity contribution in [3.05, 3.63) is 72.7 Å². The van der Waals surface area contributed by atoms with Gasteiger partial charge in [0, 0.05) is 29.9 Å². The van der Waals surface area contributed by atoms with Crippen LogP contribution < -0.4 is 5.32 Å². The molecule has 1 N–H and O–H groups in total. The van der Waals surface area contributed by atoms with Crippen molar-refractivity contribution < 1.29 is 0 Å². The molecular weight excluding hydrogens is 260 g/mol. The number of hydrogen-bond donors (Lipinski definition) is 1. The average Bonchev–Trinajstić information content (AvgIpc) is 2.96. The maximum atomic E-state index is 4.46. The Morgan fingerprint density at radius 3 is 2.95 bits per heavy atom. The molecule has 4 aromatic rings. The van der Waals surface area contributed by atoms with Gasteiger partial charge in [0.25, 0.3) is 0 Å². The lowest BCUT2D eigenvalue weighted by Gasteiger charge is -2.08. The second-order valence-corrected chi connectivity index (χ2v) is 4.93. The summed E-state index contributed by atoms with van der Waals surface area (Å²) < 4.78 is 1.89. The van der Waals surface area contributed by atoms with E-state index in [1.54, 1.807) is 0 Å². The number of para-hydroxylation sites is 1. The van der Waals surface area contributed by atoms with Gasteiger partial charge in [-0.3, -0.25) is 4.98 Å². The summed E-state index contributed by atoms with van der Waals surface area (Å²) in [6.07, 6.45) is 5.68. The molecule has 0 amide bonds. The molecule has 1 aromatic carbocycles. The minimum Gasteiger partial charge on any atom is -0.379 e. The van der Waals surface area contributed by atoms with Crippen molar-refractivity contribution in [2.75, 3.05) is 5.32 Å². The standard InChI is InChI=1S/C17H14N4/c1-2-10-21-16(8-1)14(12-20-21)11-19-15-7-3-5-13-6-4-9-18-17(13)15/h1-10,12,19H,11H2. The Morgan fingerprint density at radius 1 is 1.00 bits per heavy atom. The fraction of sp³-hybridized carbons (Fsp3) is 0.0588. The van der Waals surface area contributed by atoms with Crippen LogP contribution in [0.2, 0.25) is 0 Å². The van der Waals surface area contributed by atoms with Crippen molar-refractivity contribution >= 4 is 22.1 Å². The molecule has 0 aliphatic carbocycles. The van der Waals surface area contributed by atoms with Gasteiger partial charge in [-0.1, -0.05) is 24.3 Å². The SMILES string of the molecule is c1cnc2c(NCc3cnn4ccccc34)cccc2c1. The minimum absolute atomic E-state index is 0.725. The maximum absolute atomic E-state index is 4.46. The van der Waals surface area contributed by atoms with E-state index in [9.17, 15) is 0 Å². The van der Waals surface area contributed by atoms with E-state index < -0.39 is 0 Å². The number of benzene rings is 1. The Kier molecular flexibility index (Phi) is 2.78. The Hall–Kier alpha value is -2.88. The van der Waals surface area contributed by atoms with Gasteiger partial charge in [0.1, 0.15) is 0 Å². The summed E-state index contributed by atoms with van der Waals surface area (Å²) >= 11 is 0. The highest BCUT2D eigenvalue weighted by Gasteiger charge is 2.05. The molecule has 0 aliphatic heterocycles. The highest BCUT2D eigenvalue weighted by atomic mass is 15.2. The van der Waals surface area contributed by atoms with Crippen LogP contribution in [0, 0.1) is 0 Å². The molecule has 4 heteroatoms. The molecule has 4 rings (SSSR count). The number of pyridine rings is 2. The van der Waals surface area contributed by atoms with Crippen molar-refractivity contribution in [1.82, 2.24) is 14.6 Å². The van der Waals surface area contributed by atoms with Crippen LogP contribution >= 0.6 is 0 Å². The summed E-state index contributed by atoms with van der Waals surface area (Å²) in [5.74, 6) is 0. The van der Waals surface area contributed by atoms with Gasteiger partial charge in [-0.05, 0) is 24.3 Å². The average molecular weight is 274 g/mol. The van der Waals surface area contributed by atoms with Crippen LogP contribution in [0.5, 0.6) is 0 Å². The third-order valence-electron chi connectivity index (χ3n) is 3.61. The molecule has 102 valence electrons. The van der Waals surface area contributed by atoms with Gasteiger partial charge in [-0.2, -0.15) is 5.10 Å². The molecule has 0 radical (unpaired) electrons. The zero-order chi connectivity index (χ0) is 14.1. The molecule has 0 bridgehead atoms. The molecule has 0 unspecified atom stereocenters. The zero-order valence-electron chi connectivity index (χ0n) is 11.4. The Labute approximate surface area is 122 Å². The summed E-state index contributed by atoms with van der Waals surface area (Å²) in [7, 11) is 0. The fourth-order valence-electron chi connectivity index (χ4n) is 2.56. The molecule has 0 spiro atoms. The molecule has 21 heavy (non-hydrogen) atoms. The molecular formula is C17H14N4. The van der Waals surface area contributed by atoms with Crippen LogP contribution in [0.25, 0.3) is 16.4 Å². The molecule has 3 heterocycles. The van der Waals surface area contributed by atoms with Gasteiger partial charge in [-0.15, -0.1) is 0 Å². The van der Waals surface area contributed by atoms with Crippen LogP contribution in [0.4, 0.5) is 5.69 Å². The predicted molar refractivity (Wildman–Crippen MR) is 84.3 cm³/mol. The number of nitrogens with zero attached hydrogens (tertiary/aromatic N) is 3. The molecule has 4 nitrogen and oxygen atoms in total. The Balaban J connectivity index is 1.67. The predicted octanol–water partition coefficient (Wildman–Crippen LogP) is 3.49. The van der Waals surface area contributed by atoms with Crippen molar-refractivity contribution in [3.8, 4) is 0 Å². The molecule has 0 saturated carbocycles. The van der Waals surface area contributed by atoms with Gasteiger partial charge < -0.3 is 5.32 Å². The summed E-state index contributed by atoms with van der Waals surface area (Å²) in [5.41, 5.74) is 4.33. The van der Waals surface area contributed by atoms with Gasteiger partial charge in [0.05, 0.1) is 22.9 Å². The van der Waals surface area contributed by atoms with Crippen molar-refractivity contribution in [2.45, 2.75) is 6.54 Å². The zero-order valence-corrected chi connectivity index (χ0v) is 11.4. The number of fused-ring (bicyclic) bond motifs is 2. The second kappa shape index (κ2) is 4.90. The van der Waals surface area contributed by atoms with E-state index in [0.717, 1.165) is 28.7 Å². The van der Waals surface area contributed by atoms with E-state index >= 15 is 0 Å². The molecule has 0 saturated heterocycles. The number of anilines is 1. The molecule has 3 aromatic heterocycles. The van der Waals surface area contributed by atoms with Crippen molar-refractivity contribution in [2.24, 2.45) is 0 Å². The van der Waals surface area contributed by atoms with Gasteiger partial charge >= 0.3 is 0 Å². The van der Waals surface area contributed by atoms with E-state index in [2.05, 4.69) is 39.7 Å². The van der Waals surface area contributed by atoms with Gasteiger partial charge in [-0.25, -0.2) is 4.52 Å². The minimum atomic E-state index is 0.725. The topological polar surface area (TPSA) is 42.2 Å². The van der Waals surface area contributed by atoms with E-state index in [1.165, 1.54) is 5.56 Å². The van der Waals surface area contributed by atoms with Crippen LogP contribution in [0.15, 0.2) is 67.1 Å². The monoisotopic (exact) mass is 274 g/mol. The second-order valence-electron chi connectivity index (χ2n) is 4.93. The third-order valence-corrected chi connectivity index (χ3v) is 3.61. The number of hydrogen-bond acceptors (Lipinski definition) is 3. The highest BCUT2D eigenvalue weighted by molar-refractivity contribution is 5.90. The molecule has 0 aliphatic rings. The summed E-state index contributed by atoms with van der Waals surface area (Å²) in [5, 5.41) is 8.96. The third kappa shape index (κ3) is 2.10. The van der Waals surface area contributed by atoms with Gasteiger partial charge in [0.2, 0.25) is 0 Å². The Morgan fingerprint density at radius 2 is 1.95 bits per heavy atom. The largest absolute Gasteiger partial charge is 0.379 e. The lowest BCUT2D eigenvalue weighted by Crippen LogP contribution is -2.00. The van der Waals surface area contributed by atoms with E-state index in [0.29, 0.717) is 0 Å². The summed E-state index contributed by atoms with van der Waals surface area (Å²) in [4.78, 5) is 4.46. The lowest BCUT2D eigenvalue weighted by atomic mass is 10.2. The first-order valence-electron chi connectivity index (χ1n) is 6.91. The smallest absolute Gasteiger partial charge is 0.0933 e.